The van der Waals surface area contributed by atoms with Crippen molar-refractivity contribution >= 4 is 11.8 Å². The number of carbonyl (C=O) groups excluding carboxylic acids is 2. The van der Waals surface area contributed by atoms with Gasteiger partial charge in [0.2, 0.25) is 11.8 Å². The van der Waals surface area contributed by atoms with E-state index in [9.17, 15) is 9.59 Å². The van der Waals surface area contributed by atoms with Crippen LogP contribution in [0.25, 0.3) is 0 Å². The van der Waals surface area contributed by atoms with Crippen LogP contribution in [0.2, 0.25) is 0 Å². The van der Waals surface area contributed by atoms with E-state index in [1.54, 1.807) is 0 Å². The fourth-order valence-electron chi connectivity index (χ4n) is 2.80. The Hall–Kier alpha value is -1.92. The number of rotatable bonds is 8. The Bertz CT molecular complexity index is 542. The standard InChI is InChI=1S/C19H29N3O3/c1-15(2)14-17(23)21-18(16-6-4-3-5-7-16)19(24)20-8-9-22-10-12-25-13-11-22/h3-7,15,18H,8-14H2,1-2H3,(H,20,24)(H,21,23)/t18-/m1/s1. The van der Waals surface area contributed by atoms with Gasteiger partial charge in [0, 0.05) is 32.6 Å². The molecule has 25 heavy (non-hydrogen) atoms. The predicted octanol–water partition coefficient (Wildman–Crippen LogP) is 1.34. The van der Waals surface area contributed by atoms with Gasteiger partial charge < -0.3 is 15.4 Å². The number of carbonyl (C=O) groups is 2. The fourth-order valence-corrected chi connectivity index (χ4v) is 2.80. The molecule has 138 valence electrons. The van der Waals surface area contributed by atoms with Crippen molar-refractivity contribution in [1.29, 1.82) is 0 Å². The molecule has 1 aliphatic rings. The van der Waals surface area contributed by atoms with E-state index in [2.05, 4.69) is 15.5 Å². The van der Waals surface area contributed by atoms with E-state index in [0.29, 0.717) is 13.0 Å². The van der Waals surface area contributed by atoms with Gasteiger partial charge >= 0.3 is 0 Å². The molecule has 2 rings (SSSR count). The highest BCUT2D eigenvalue weighted by Crippen LogP contribution is 2.14. The summed E-state index contributed by atoms with van der Waals surface area (Å²) in [6.07, 6.45) is 0.407. The van der Waals surface area contributed by atoms with E-state index in [0.717, 1.165) is 38.4 Å². The Morgan fingerprint density at radius 1 is 1.16 bits per heavy atom. The van der Waals surface area contributed by atoms with E-state index in [1.165, 1.54) is 0 Å². The normalized spacial score (nSPS) is 16.4. The Kier molecular flexibility index (Phi) is 7.88. The van der Waals surface area contributed by atoms with E-state index in [-0.39, 0.29) is 17.7 Å². The molecule has 0 radical (unpaired) electrons. The van der Waals surface area contributed by atoms with Crippen LogP contribution in [0.4, 0.5) is 0 Å². The second kappa shape index (κ2) is 10.2. The first kappa shape index (κ1) is 19.4. The van der Waals surface area contributed by atoms with Crippen LogP contribution >= 0.6 is 0 Å². The van der Waals surface area contributed by atoms with Crippen molar-refractivity contribution in [2.75, 3.05) is 39.4 Å². The van der Waals surface area contributed by atoms with Crippen LogP contribution in [0.5, 0.6) is 0 Å². The third kappa shape index (κ3) is 6.84. The summed E-state index contributed by atoms with van der Waals surface area (Å²) in [5.74, 6) is -0.0236. The molecule has 0 saturated carbocycles. The number of amides is 2. The maximum Gasteiger partial charge on any atom is 0.247 e. The zero-order valence-electron chi connectivity index (χ0n) is 15.2. The van der Waals surface area contributed by atoms with Gasteiger partial charge in [0.25, 0.3) is 0 Å². The molecule has 2 N–H and O–H groups in total. The van der Waals surface area contributed by atoms with Gasteiger partial charge in [0.1, 0.15) is 6.04 Å². The third-order valence-electron chi connectivity index (χ3n) is 4.13. The van der Waals surface area contributed by atoms with Crippen LogP contribution < -0.4 is 10.6 Å². The number of nitrogens with zero attached hydrogens (tertiary/aromatic N) is 1. The summed E-state index contributed by atoms with van der Waals surface area (Å²) in [5.41, 5.74) is 0.795. The molecule has 1 aromatic rings. The molecule has 0 aromatic heterocycles. The summed E-state index contributed by atoms with van der Waals surface area (Å²) in [7, 11) is 0. The molecule has 2 amide bonds. The highest BCUT2D eigenvalue weighted by Gasteiger charge is 2.23. The summed E-state index contributed by atoms with van der Waals surface area (Å²) in [6, 6.07) is 8.71. The lowest BCUT2D eigenvalue weighted by Gasteiger charge is -2.27. The first-order valence-corrected chi connectivity index (χ1v) is 8.98. The van der Waals surface area contributed by atoms with Crippen molar-refractivity contribution < 1.29 is 14.3 Å². The van der Waals surface area contributed by atoms with E-state index < -0.39 is 6.04 Å². The summed E-state index contributed by atoms with van der Waals surface area (Å²) < 4.78 is 5.32. The molecule has 1 atom stereocenters. The minimum Gasteiger partial charge on any atom is -0.379 e. The zero-order valence-corrected chi connectivity index (χ0v) is 15.2. The van der Waals surface area contributed by atoms with Crippen LogP contribution in [0, 0.1) is 5.92 Å². The lowest BCUT2D eigenvalue weighted by molar-refractivity contribution is -0.129. The summed E-state index contributed by atoms with van der Waals surface area (Å²) in [4.78, 5) is 27.0. The topological polar surface area (TPSA) is 70.7 Å². The minimum atomic E-state index is -0.655. The molecule has 1 aliphatic heterocycles. The van der Waals surface area contributed by atoms with Gasteiger partial charge in [-0.2, -0.15) is 0 Å². The van der Waals surface area contributed by atoms with Crippen molar-refractivity contribution in [3.05, 3.63) is 35.9 Å². The van der Waals surface area contributed by atoms with Crippen LogP contribution in [0.1, 0.15) is 31.9 Å². The second-order valence-electron chi connectivity index (χ2n) is 6.75. The van der Waals surface area contributed by atoms with Crippen molar-refractivity contribution in [3.8, 4) is 0 Å². The van der Waals surface area contributed by atoms with Crippen molar-refractivity contribution in [3.63, 3.8) is 0 Å². The molecule has 0 unspecified atom stereocenters. The minimum absolute atomic E-state index is 0.104. The van der Waals surface area contributed by atoms with Crippen LogP contribution in [0.3, 0.4) is 0 Å². The predicted molar refractivity (Wildman–Crippen MR) is 97.0 cm³/mol. The van der Waals surface area contributed by atoms with Gasteiger partial charge in [-0.05, 0) is 11.5 Å². The van der Waals surface area contributed by atoms with Crippen molar-refractivity contribution in [1.82, 2.24) is 15.5 Å². The molecule has 6 heteroatoms. The molecule has 1 saturated heterocycles. The number of benzene rings is 1. The highest BCUT2D eigenvalue weighted by atomic mass is 16.5. The Balaban J connectivity index is 1.91. The highest BCUT2D eigenvalue weighted by molar-refractivity contribution is 5.88. The van der Waals surface area contributed by atoms with Crippen LogP contribution in [-0.4, -0.2) is 56.1 Å². The molecule has 0 spiro atoms. The Morgan fingerprint density at radius 2 is 1.84 bits per heavy atom. The van der Waals surface area contributed by atoms with E-state index in [4.69, 9.17) is 4.74 Å². The Morgan fingerprint density at radius 3 is 2.48 bits per heavy atom. The number of morpholine rings is 1. The summed E-state index contributed by atoms with van der Waals surface area (Å²) >= 11 is 0. The molecule has 1 heterocycles. The SMILES string of the molecule is CC(C)CC(=O)N[C@@H](C(=O)NCCN1CCOCC1)c1ccccc1. The maximum absolute atomic E-state index is 12.6. The maximum atomic E-state index is 12.6. The second-order valence-corrected chi connectivity index (χ2v) is 6.75. The lowest BCUT2D eigenvalue weighted by Crippen LogP contribution is -2.45. The van der Waals surface area contributed by atoms with E-state index in [1.807, 2.05) is 44.2 Å². The smallest absolute Gasteiger partial charge is 0.247 e. The number of ether oxygens (including phenoxy) is 1. The summed E-state index contributed by atoms with van der Waals surface area (Å²) in [5, 5.41) is 5.82. The van der Waals surface area contributed by atoms with Crippen LogP contribution in [-0.2, 0) is 14.3 Å². The lowest BCUT2D eigenvalue weighted by atomic mass is 10.0. The molecule has 0 aliphatic carbocycles. The quantitative estimate of drug-likeness (QED) is 0.744. The van der Waals surface area contributed by atoms with Gasteiger partial charge in [-0.15, -0.1) is 0 Å². The van der Waals surface area contributed by atoms with Crippen LogP contribution in [0.15, 0.2) is 30.3 Å². The summed E-state index contributed by atoms with van der Waals surface area (Å²) in [6.45, 7) is 8.59. The average molecular weight is 347 g/mol. The molecule has 0 bridgehead atoms. The van der Waals surface area contributed by atoms with Gasteiger partial charge in [-0.1, -0.05) is 44.2 Å². The zero-order chi connectivity index (χ0) is 18.1. The number of hydrogen-bond acceptors (Lipinski definition) is 4. The largest absolute Gasteiger partial charge is 0.379 e. The van der Waals surface area contributed by atoms with Gasteiger partial charge in [0.05, 0.1) is 13.2 Å². The number of hydrogen-bond donors (Lipinski definition) is 2. The molecule has 1 fully saturated rings. The molecule has 1 aromatic carbocycles. The monoisotopic (exact) mass is 347 g/mol. The van der Waals surface area contributed by atoms with E-state index >= 15 is 0 Å². The van der Waals surface area contributed by atoms with Crippen molar-refractivity contribution in [2.45, 2.75) is 26.3 Å². The first-order valence-electron chi connectivity index (χ1n) is 8.98. The van der Waals surface area contributed by atoms with Gasteiger partial charge in [-0.25, -0.2) is 0 Å². The molecular weight excluding hydrogens is 318 g/mol. The first-order chi connectivity index (χ1) is 12.1. The fraction of sp³-hybridized carbons (Fsp3) is 0.579. The number of nitrogens with one attached hydrogen (secondary N) is 2. The average Bonchev–Trinajstić information content (AvgIpc) is 2.60. The molecule has 6 nitrogen and oxygen atoms in total. The Labute approximate surface area is 149 Å². The van der Waals surface area contributed by atoms with Gasteiger partial charge in [-0.3, -0.25) is 14.5 Å². The van der Waals surface area contributed by atoms with Crippen molar-refractivity contribution in [2.24, 2.45) is 5.92 Å². The third-order valence-corrected chi connectivity index (χ3v) is 4.13. The van der Waals surface area contributed by atoms with Gasteiger partial charge in [0.15, 0.2) is 0 Å². The molecular formula is C19H29N3O3.